The van der Waals surface area contributed by atoms with Crippen molar-refractivity contribution in [3.63, 3.8) is 0 Å². The van der Waals surface area contributed by atoms with Gasteiger partial charge in [-0.2, -0.15) is 5.10 Å². The van der Waals surface area contributed by atoms with Gasteiger partial charge in [-0.05, 0) is 50.8 Å². The monoisotopic (exact) mass is 454 g/mol. The highest BCUT2D eigenvalue weighted by Gasteiger charge is 2.32. The van der Waals surface area contributed by atoms with Crippen LogP contribution < -0.4 is 10.6 Å². The maximum atomic E-state index is 13.4. The molecule has 4 heterocycles. The standard InChI is InChI=1S/C23H27ClN6O2/c1-14-12-30-21(26-22(14)28-9-7-16(31)13-28)11-19(27-30)20-4-2-3-8-29(20)23(32)17-10-15(24)5-6-18(17)25/h5-6,10-12,16,20,31H,2-4,7-9,13,25H2,1H3. The Morgan fingerprint density at radius 2 is 2.06 bits per heavy atom. The van der Waals surface area contributed by atoms with Crippen LogP contribution in [0, 0.1) is 6.92 Å². The molecule has 5 rings (SSSR count). The first-order chi connectivity index (χ1) is 15.4. The topological polar surface area (TPSA) is 100.0 Å². The zero-order valence-corrected chi connectivity index (χ0v) is 18.8. The number of carbonyl (C=O) groups is 1. The van der Waals surface area contributed by atoms with Gasteiger partial charge in [0.05, 0.1) is 23.4 Å². The lowest BCUT2D eigenvalue weighted by Gasteiger charge is -2.35. The van der Waals surface area contributed by atoms with Gasteiger partial charge >= 0.3 is 0 Å². The number of β-amino-alcohol motifs (C(OH)–C–C–N with tert-alkyl or cyclic N) is 1. The van der Waals surface area contributed by atoms with Crippen molar-refractivity contribution in [3.05, 3.63) is 52.3 Å². The molecule has 2 aliphatic rings. The number of nitrogen functional groups attached to an aromatic ring is 1. The Kier molecular flexibility index (Phi) is 5.43. The Bertz CT molecular complexity index is 1180. The normalized spacial score (nSPS) is 21.5. The van der Waals surface area contributed by atoms with E-state index in [1.54, 1.807) is 22.7 Å². The first kappa shape index (κ1) is 21.0. The quantitative estimate of drug-likeness (QED) is 0.589. The third kappa shape index (κ3) is 3.78. The van der Waals surface area contributed by atoms with E-state index in [4.69, 9.17) is 27.4 Å². The third-order valence-corrected chi connectivity index (χ3v) is 6.67. The second-order valence-electron chi connectivity index (χ2n) is 8.75. The van der Waals surface area contributed by atoms with Crippen molar-refractivity contribution in [1.82, 2.24) is 19.5 Å². The number of anilines is 2. The van der Waals surface area contributed by atoms with Gasteiger partial charge in [0.1, 0.15) is 5.82 Å². The number of piperidine rings is 1. The van der Waals surface area contributed by atoms with E-state index in [-0.39, 0.29) is 18.1 Å². The number of nitrogens with zero attached hydrogens (tertiary/aromatic N) is 5. The molecule has 0 saturated carbocycles. The first-order valence-electron chi connectivity index (χ1n) is 11.1. The molecular weight excluding hydrogens is 428 g/mol. The molecule has 9 heteroatoms. The number of likely N-dealkylation sites (tertiary alicyclic amines) is 1. The number of hydrogen-bond acceptors (Lipinski definition) is 6. The number of benzene rings is 1. The van der Waals surface area contributed by atoms with Crippen LogP contribution in [0.4, 0.5) is 11.5 Å². The van der Waals surface area contributed by atoms with E-state index in [9.17, 15) is 9.90 Å². The highest BCUT2D eigenvalue weighted by Crippen LogP contribution is 2.34. The molecule has 168 valence electrons. The van der Waals surface area contributed by atoms with Gasteiger partial charge in [0.25, 0.3) is 5.91 Å². The highest BCUT2D eigenvalue weighted by atomic mass is 35.5. The molecule has 2 aliphatic heterocycles. The van der Waals surface area contributed by atoms with Gasteiger partial charge in [-0.15, -0.1) is 0 Å². The van der Waals surface area contributed by atoms with Crippen LogP contribution in [0.5, 0.6) is 0 Å². The van der Waals surface area contributed by atoms with Crippen LogP contribution in [0.3, 0.4) is 0 Å². The zero-order chi connectivity index (χ0) is 22.4. The Morgan fingerprint density at radius 1 is 1.22 bits per heavy atom. The molecule has 0 aliphatic carbocycles. The lowest BCUT2D eigenvalue weighted by molar-refractivity contribution is 0.0607. The van der Waals surface area contributed by atoms with Crippen LogP contribution in [0.2, 0.25) is 5.02 Å². The number of carbonyl (C=O) groups excluding carboxylic acids is 1. The molecule has 8 nitrogen and oxygen atoms in total. The molecule has 2 saturated heterocycles. The molecule has 2 aromatic heterocycles. The third-order valence-electron chi connectivity index (χ3n) is 6.44. The summed E-state index contributed by atoms with van der Waals surface area (Å²) in [4.78, 5) is 22.2. The van der Waals surface area contributed by atoms with E-state index >= 15 is 0 Å². The van der Waals surface area contributed by atoms with Gasteiger partial charge in [0, 0.05) is 48.2 Å². The Hall–Kier alpha value is -2.84. The lowest BCUT2D eigenvalue weighted by Crippen LogP contribution is -2.39. The lowest BCUT2D eigenvalue weighted by atomic mass is 9.98. The van der Waals surface area contributed by atoms with E-state index in [0.717, 1.165) is 55.0 Å². The van der Waals surface area contributed by atoms with Crippen molar-refractivity contribution in [2.24, 2.45) is 0 Å². The summed E-state index contributed by atoms with van der Waals surface area (Å²) in [5.74, 6) is 0.756. The van der Waals surface area contributed by atoms with Gasteiger partial charge in [-0.1, -0.05) is 11.6 Å². The van der Waals surface area contributed by atoms with Crippen molar-refractivity contribution in [1.29, 1.82) is 0 Å². The average molecular weight is 455 g/mol. The number of fused-ring (bicyclic) bond motifs is 1. The van der Waals surface area contributed by atoms with E-state index in [0.29, 0.717) is 29.4 Å². The van der Waals surface area contributed by atoms with Crippen LogP contribution in [-0.2, 0) is 0 Å². The second kappa shape index (κ2) is 8.26. The predicted octanol–water partition coefficient (Wildman–Crippen LogP) is 3.21. The Labute approximate surface area is 191 Å². The van der Waals surface area contributed by atoms with Gasteiger partial charge in [0.2, 0.25) is 0 Å². The SMILES string of the molecule is Cc1cn2nc(C3CCCCN3C(=O)c3cc(Cl)ccc3N)cc2nc1N1CCC(O)C1. The fourth-order valence-electron chi connectivity index (χ4n) is 4.79. The Balaban J connectivity index is 1.48. The fraction of sp³-hybridized carbons (Fsp3) is 0.435. The summed E-state index contributed by atoms with van der Waals surface area (Å²) < 4.78 is 1.78. The largest absolute Gasteiger partial charge is 0.398 e. The van der Waals surface area contributed by atoms with Crippen molar-refractivity contribution >= 4 is 34.7 Å². The smallest absolute Gasteiger partial charge is 0.256 e. The molecule has 0 bridgehead atoms. The molecular formula is C23H27ClN6O2. The van der Waals surface area contributed by atoms with Gasteiger partial charge in [0.15, 0.2) is 5.65 Å². The number of aromatic nitrogens is 3. The zero-order valence-electron chi connectivity index (χ0n) is 18.0. The van der Waals surface area contributed by atoms with Gasteiger partial charge in [-0.25, -0.2) is 9.50 Å². The summed E-state index contributed by atoms with van der Waals surface area (Å²) in [6.07, 6.45) is 5.21. The number of aliphatic hydroxyl groups is 1. The minimum Gasteiger partial charge on any atom is -0.398 e. The minimum atomic E-state index is -0.311. The number of nitrogens with two attached hydrogens (primary N) is 1. The molecule has 3 aromatic rings. The second-order valence-corrected chi connectivity index (χ2v) is 9.19. The first-order valence-corrected chi connectivity index (χ1v) is 11.4. The number of rotatable bonds is 3. The van der Waals surface area contributed by atoms with Crippen LogP contribution in [0.1, 0.15) is 53.3 Å². The minimum absolute atomic E-state index is 0.123. The maximum Gasteiger partial charge on any atom is 0.256 e. The van der Waals surface area contributed by atoms with Gasteiger partial charge in [-0.3, -0.25) is 4.79 Å². The summed E-state index contributed by atoms with van der Waals surface area (Å²) in [7, 11) is 0. The molecule has 1 aromatic carbocycles. The van der Waals surface area contributed by atoms with Crippen molar-refractivity contribution in [2.45, 2.75) is 44.8 Å². The molecule has 0 spiro atoms. The molecule has 3 N–H and O–H groups in total. The fourth-order valence-corrected chi connectivity index (χ4v) is 4.96. The number of hydrogen-bond donors (Lipinski definition) is 2. The van der Waals surface area contributed by atoms with E-state index in [1.807, 2.05) is 24.1 Å². The number of amides is 1. The predicted molar refractivity (Wildman–Crippen MR) is 124 cm³/mol. The molecule has 2 unspecified atom stereocenters. The summed E-state index contributed by atoms with van der Waals surface area (Å²) >= 11 is 6.13. The van der Waals surface area contributed by atoms with E-state index < -0.39 is 0 Å². The highest BCUT2D eigenvalue weighted by molar-refractivity contribution is 6.31. The van der Waals surface area contributed by atoms with Crippen molar-refractivity contribution < 1.29 is 9.90 Å². The summed E-state index contributed by atoms with van der Waals surface area (Å²) in [5, 5.41) is 15.2. The van der Waals surface area contributed by atoms with E-state index in [2.05, 4.69) is 4.90 Å². The molecule has 2 fully saturated rings. The number of aryl methyl sites for hydroxylation is 1. The van der Waals surface area contributed by atoms with Crippen LogP contribution >= 0.6 is 11.6 Å². The van der Waals surface area contributed by atoms with Crippen LogP contribution in [0.15, 0.2) is 30.5 Å². The molecule has 2 atom stereocenters. The van der Waals surface area contributed by atoms with Crippen molar-refractivity contribution in [2.75, 3.05) is 30.3 Å². The van der Waals surface area contributed by atoms with Crippen LogP contribution in [0.25, 0.3) is 5.65 Å². The molecule has 32 heavy (non-hydrogen) atoms. The summed E-state index contributed by atoms with van der Waals surface area (Å²) in [5.41, 5.74) is 9.50. The van der Waals surface area contributed by atoms with Crippen LogP contribution in [-0.4, -0.2) is 56.2 Å². The average Bonchev–Trinajstić information content (AvgIpc) is 3.40. The van der Waals surface area contributed by atoms with Gasteiger partial charge < -0.3 is 20.6 Å². The van der Waals surface area contributed by atoms with Crippen molar-refractivity contribution in [3.8, 4) is 0 Å². The number of aliphatic hydroxyl groups excluding tert-OH is 1. The maximum absolute atomic E-state index is 13.4. The molecule has 0 radical (unpaired) electrons. The number of halogens is 1. The molecule has 1 amide bonds. The summed E-state index contributed by atoms with van der Waals surface area (Å²) in [6.45, 7) is 4.04. The Morgan fingerprint density at radius 3 is 2.84 bits per heavy atom. The van der Waals surface area contributed by atoms with E-state index in [1.165, 1.54) is 0 Å². The summed E-state index contributed by atoms with van der Waals surface area (Å²) in [6, 6.07) is 6.81.